The number of amides is 1. The number of ketones is 1. The standard InChI is InChI=1S/C28H30N2O4S2/c31-24(16-34-28(33)20-13-18-6-1-7-19(14-20)27(18)32)30-26(23-10-4-12-36-23)22-9-2-5-17(25(22)29-30)15-21-8-3-11-35-21/h3-4,8,10-12,15,18-20,22,26H,1-2,5-7,9,13-14,16H2/b17-15-/t18-,19+,20?,22-,26-/m0/s1. The summed E-state index contributed by atoms with van der Waals surface area (Å²) in [7, 11) is 0. The first-order valence-corrected chi connectivity index (χ1v) is 14.7. The first-order valence-electron chi connectivity index (χ1n) is 13.0. The van der Waals surface area contributed by atoms with E-state index in [1.54, 1.807) is 27.7 Å². The minimum absolute atomic E-state index is 0.0179. The molecule has 1 unspecified atom stereocenters. The van der Waals surface area contributed by atoms with E-state index in [1.165, 1.54) is 10.5 Å². The number of allylic oxidation sites excluding steroid dienone is 1. The van der Waals surface area contributed by atoms with Crippen molar-refractivity contribution in [1.82, 2.24) is 5.01 Å². The van der Waals surface area contributed by atoms with Gasteiger partial charge in [0.25, 0.3) is 5.91 Å². The van der Waals surface area contributed by atoms with Gasteiger partial charge < -0.3 is 4.74 Å². The van der Waals surface area contributed by atoms with E-state index >= 15 is 0 Å². The van der Waals surface area contributed by atoms with E-state index in [1.807, 2.05) is 17.5 Å². The second-order valence-corrected chi connectivity index (χ2v) is 12.3. The van der Waals surface area contributed by atoms with Crippen LogP contribution in [0.4, 0.5) is 0 Å². The third kappa shape index (κ3) is 4.50. The summed E-state index contributed by atoms with van der Waals surface area (Å²) in [6, 6.07) is 8.05. The molecule has 2 aromatic rings. The lowest BCUT2D eigenvalue weighted by Crippen LogP contribution is -2.40. The van der Waals surface area contributed by atoms with Crippen molar-refractivity contribution in [3.8, 4) is 0 Å². The molecule has 188 valence electrons. The fourth-order valence-corrected chi connectivity index (χ4v) is 8.04. The van der Waals surface area contributed by atoms with Crippen molar-refractivity contribution >= 4 is 52.1 Å². The van der Waals surface area contributed by atoms with Gasteiger partial charge in [0.05, 0.1) is 17.7 Å². The lowest BCUT2D eigenvalue weighted by atomic mass is 9.67. The molecule has 0 spiro atoms. The summed E-state index contributed by atoms with van der Waals surface area (Å²) < 4.78 is 5.57. The summed E-state index contributed by atoms with van der Waals surface area (Å²) in [5.41, 5.74) is 2.19. The minimum Gasteiger partial charge on any atom is -0.455 e. The van der Waals surface area contributed by atoms with Crippen molar-refractivity contribution in [1.29, 1.82) is 0 Å². The Morgan fingerprint density at radius 2 is 1.83 bits per heavy atom. The van der Waals surface area contributed by atoms with E-state index in [2.05, 4.69) is 23.6 Å². The molecule has 0 aromatic carbocycles. The molecular weight excluding hydrogens is 492 g/mol. The van der Waals surface area contributed by atoms with Crippen LogP contribution in [0.3, 0.4) is 0 Å². The van der Waals surface area contributed by atoms with Gasteiger partial charge >= 0.3 is 5.97 Å². The fourth-order valence-electron chi connectivity index (χ4n) is 6.48. The molecule has 4 aliphatic rings. The van der Waals surface area contributed by atoms with Crippen LogP contribution in [0.15, 0.2) is 45.7 Å². The number of hydrazone groups is 1. The molecule has 3 heterocycles. The van der Waals surface area contributed by atoms with Gasteiger partial charge in [0.1, 0.15) is 5.78 Å². The second-order valence-electron chi connectivity index (χ2n) is 10.4. The highest BCUT2D eigenvalue weighted by atomic mass is 32.1. The zero-order valence-electron chi connectivity index (χ0n) is 20.1. The van der Waals surface area contributed by atoms with E-state index < -0.39 is 0 Å². The monoisotopic (exact) mass is 522 g/mol. The molecule has 3 saturated carbocycles. The maximum absolute atomic E-state index is 13.4. The van der Waals surface area contributed by atoms with Crippen LogP contribution in [0.2, 0.25) is 0 Å². The van der Waals surface area contributed by atoms with Crippen molar-refractivity contribution in [2.45, 2.75) is 57.4 Å². The number of fused-ring (bicyclic) bond motifs is 3. The van der Waals surface area contributed by atoms with Crippen LogP contribution in [0.1, 0.15) is 67.2 Å². The predicted octanol–water partition coefficient (Wildman–Crippen LogP) is 5.87. The Kier molecular flexibility index (Phi) is 6.65. The Labute approximate surface area is 219 Å². The van der Waals surface area contributed by atoms with Crippen molar-refractivity contribution in [3.63, 3.8) is 0 Å². The Morgan fingerprint density at radius 3 is 2.56 bits per heavy atom. The van der Waals surface area contributed by atoms with E-state index in [9.17, 15) is 14.4 Å². The molecule has 1 amide bonds. The smallest absolute Gasteiger partial charge is 0.309 e. The van der Waals surface area contributed by atoms with Crippen LogP contribution in [0.25, 0.3) is 6.08 Å². The topological polar surface area (TPSA) is 76.0 Å². The molecule has 0 N–H and O–H groups in total. The van der Waals surface area contributed by atoms with Crippen molar-refractivity contribution in [2.75, 3.05) is 6.61 Å². The summed E-state index contributed by atoms with van der Waals surface area (Å²) in [5.74, 6) is -0.485. The predicted molar refractivity (Wildman–Crippen MR) is 140 cm³/mol. The van der Waals surface area contributed by atoms with Crippen LogP contribution in [0.5, 0.6) is 0 Å². The second kappa shape index (κ2) is 10.1. The molecule has 6 nitrogen and oxygen atoms in total. The molecule has 2 bridgehead atoms. The molecule has 3 aliphatic carbocycles. The van der Waals surface area contributed by atoms with E-state index in [-0.39, 0.29) is 48.2 Å². The van der Waals surface area contributed by atoms with Crippen LogP contribution in [-0.2, 0) is 19.1 Å². The Hall–Kier alpha value is -2.58. The molecule has 2 aromatic heterocycles. The first kappa shape index (κ1) is 23.8. The third-order valence-electron chi connectivity index (χ3n) is 8.17. The van der Waals surface area contributed by atoms with Crippen molar-refractivity contribution in [2.24, 2.45) is 28.8 Å². The summed E-state index contributed by atoms with van der Waals surface area (Å²) in [6.07, 6.45) is 9.11. The van der Waals surface area contributed by atoms with Gasteiger partial charge in [0, 0.05) is 27.5 Å². The Balaban J connectivity index is 1.19. The van der Waals surface area contributed by atoms with Gasteiger partial charge in [-0.25, -0.2) is 5.01 Å². The normalized spacial score (nSPS) is 30.7. The number of rotatable bonds is 5. The molecule has 6 rings (SSSR count). The highest BCUT2D eigenvalue weighted by Crippen LogP contribution is 2.46. The maximum Gasteiger partial charge on any atom is 0.309 e. The number of ether oxygens (including phenoxy) is 1. The summed E-state index contributed by atoms with van der Waals surface area (Å²) in [6.45, 7) is -0.312. The van der Waals surface area contributed by atoms with Crippen LogP contribution < -0.4 is 0 Å². The van der Waals surface area contributed by atoms with Crippen molar-refractivity contribution in [3.05, 3.63) is 50.4 Å². The van der Waals surface area contributed by atoms with Gasteiger partial charge in [-0.2, -0.15) is 5.10 Å². The zero-order valence-corrected chi connectivity index (χ0v) is 21.8. The number of thiophene rings is 2. The highest BCUT2D eigenvalue weighted by molar-refractivity contribution is 7.11. The quantitative estimate of drug-likeness (QED) is 0.460. The molecule has 8 heteroatoms. The molecule has 36 heavy (non-hydrogen) atoms. The molecular formula is C28H30N2O4S2. The first-order chi connectivity index (χ1) is 17.6. The molecule has 1 aliphatic heterocycles. The van der Waals surface area contributed by atoms with E-state index in [0.717, 1.165) is 49.1 Å². The van der Waals surface area contributed by atoms with Gasteiger partial charge in [-0.3, -0.25) is 14.4 Å². The molecule has 0 radical (unpaired) electrons. The number of nitrogens with zero attached hydrogens (tertiary/aromatic N) is 2. The van der Waals surface area contributed by atoms with E-state index in [4.69, 9.17) is 9.84 Å². The maximum atomic E-state index is 13.4. The number of carbonyl (C=O) groups is 3. The fraction of sp³-hybridized carbons (Fsp3) is 0.500. The van der Waals surface area contributed by atoms with Gasteiger partial charge in [0.2, 0.25) is 0 Å². The number of hydrogen-bond acceptors (Lipinski definition) is 7. The molecule has 0 saturated heterocycles. The summed E-state index contributed by atoms with van der Waals surface area (Å²) in [4.78, 5) is 41.0. The average Bonchev–Trinajstić information content (AvgIpc) is 3.63. The lowest BCUT2D eigenvalue weighted by Gasteiger charge is -2.36. The van der Waals surface area contributed by atoms with Crippen LogP contribution in [-0.4, -0.2) is 35.0 Å². The van der Waals surface area contributed by atoms with Crippen molar-refractivity contribution < 1.29 is 19.1 Å². The van der Waals surface area contributed by atoms with Gasteiger partial charge in [-0.15, -0.1) is 22.7 Å². The number of carbonyl (C=O) groups excluding carboxylic acids is 3. The third-order valence-corrected chi connectivity index (χ3v) is 9.93. The molecule has 5 atom stereocenters. The lowest BCUT2D eigenvalue weighted by molar-refractivity contribution is -0.159. The van der Waals surface area contributed by atoms with Gasteiger partial charge in [-0.1, -0.05) is 18.6 Å². The van der Waals surface area contributed by atoms with Gasteiger partial charge in [-0.05, 0) is 79.5 Å². The average molecular weight is 523 g/mol. The SMILES string of the molecule is O=C(OCC(=O)N1N=C2/C(=C\c3cccs3)CCC[C@@H]2[C@H]1c1cccs1)C1C[C@H]2CCC[C@@H](C1)C2=O. The van der Waals surface area contributed by atoms with Crippen LogP contribution >= 0.6 is 22.7 Å². The Morgan fingerprint density at radius 1 is 1.06 bits per heavy atom. The zero-order chi connectivity index (χ0) is 24.6. The Bertz CT molecular complexity index is 1180. The number of Topliss-reactive ketones (excluding diaryl/α,β-unsaturated/α-hetero) is 1. The summed E-state index contributed by atoms with van der Waals surface area (Å²) in [5, 5.41) is 10.5. The summed E-state index contributed by atoms with van der Waals surface area (Å²) >= 11 is 3.33. The number of esters is 1. The highest BCUT2D eigenvalue weighted by Gasteiger charge is 2.45. The minimum atomic E-state index is -0.344. The number of hydrogen-bond donors (Lipinski definition) is 0. The van der Waals surface area contributed by atoms with Gasteiger partial charge in [0.15, 0.2) is 6.61 Å². The van der Waals surface area contributed by atoms with Crippen LogP contribution in [0, 0.1) is 23.7 Å². The largest absolute Gasteiger partial charge is 0.455 e. The van der Waals surface area contributed by atoms with E-state index in [0.29, 0.717) is 18.6 Å². The molecule has 3 fully saturated rings.